The third kappa shape index (κ3) is 5.31. The highest BCUT2D eigenvalue weighted by Crippen LogP contribution is 2.19. The molecule has 1 amide bonds. The van der Waals surface area contributed by atoms with E-state index in [0.29, 0.717) is 11.3 Å². The van der Waals surface area contributed by atoms with Crippen LogP contribution in [-0.4, -0.2) is 44.8 Å². The number of anilines is 2. The number of morpholine rings is 1. The van der Waals surface area contributed by atoms with Crippen LogP contribution < -0.4 is 10.2 Å². The summed E-state index contributed by atoms with van der Waals surface area (Å²) in [7, 11) is 0. The molecule has 3 rings (SSSR count). The Bertz CT molecular complexity index is 791. The van der Waals surface area contributed by atoms with Gasteiger partial charge in [0.25, 0.3) is 5.91 Å². The topological polar surface area (TPSA) is 67.9 Å². The van der Waals surface area contributed by atoms with Gasteiger partial charge >= 0.3 is 5.97 Å². The van der Waals surface area contributed by atoms with Crippen LogP contribution in [0, 0.1) is 13.8 Å². The Hall–Kier alpha value is -2.86. The molecule has 1 aliphatic rings. The summed E-state index contributed by atoms with van der Waals surface area (Å²) in [6, 6.07) is 13.1. The number of nitrogens with one attached hydrogen (secondary N) is 1. The van der Waals surface area contributed by atoms with Gasteiger partial charge in [0.15, 0.2) is 6.61 Å². The molecule has 0 radical (unpaired) electrons. The maximum Gasteiger partial charge on any atom is 0.338 e. The molecule has 0 bridgehead atoms. The number of hydrogen-bond acceptors (Lipinski definition) is 5. The molecule has 6 heteroatoms. The number of nitrogens with zero attached hydrogens (tertiary/aromatic N) is 1. The predicted molar refractivity (Wildman–Crippen MR) is 104 cm³/mol. The predicted octanol–water partition coefficient (Wildman–Crippen LogP) is 2.94. The van der Waals surface area contributed by atoms with Crippen LogP contribution in [0.5, 0.6) is 0 Å². The minimum atomic E-state index is -0.500. The van der Waals surface area contributed by atoms with E-state index in [0.717, 1.165) is 43.1 Å². The quantitative estimate of drug-likeness (QED) is 0.822. The number of benzene rings is 2. The third-order valence-corrected chi connectivity index (χ3v) is 4.32. The molecule has 1 N–H and O–H groups in total. The maximum absolute atomic E-state index is 12.1. The lowest BCUT2D eigenvalue weighted by Gasteiger charge is -2.28. The summed E-state index contributed by atoms with van der Waals surface area (Å²) in [6.07, 6.45) is 0. The summed E-state index contributed by atoms with van der Waals surface area (Å²) in [4.78, 5) is 26.4. The molecule has 2 aromatic rings. The van der Waals surface area contributed by atoms with E-state index in [1.165, 1.54) is 0 Å². The molecule has 0 saturated carbocycles. The van der Waals surface area contributed by atoms with Crippen LogP contribution in [0.3, 0.4) is 0 Å². The van der Waals surface area contributed by atoms with Crippen molar-refractivity contribution in [3.05, 3.63) is 59.2 Å². The van der Waals surface area contributed by atoms with Crippen molar-refractivity contribution < 1.29 is 19.1 Å². The molecule has 1 aliphatic heterocycles. The van der Waals surface area contributed by atoms with Crippen molar-refractivity contribution in [3.8, 4) is 0 Å². The molecule has 6 nitrogen and oxygen atoms in total. The summed E-state index contributed by atoms with van der Waals surface area (Å²) in [5, 5.41) is 2.74. The molecular weight excluding hydrogens is 344 g/mol. The van der Waals surface area contributed by atoms with Gasteiger partial charge in [-0.1, -0.05) is 17.2 Å². The van der Waals surface area contributed by atoms with Crippen LogP contribution in [0.1, 0.15) is 21.5 Å². The van der Waals surface area contributed by atoms with Crippen molar-refractivity contribution in [2.24, 2.45) is 0 Å². The fraction of sp³-hybridized carbons (Fsp3) is 0.333. The van der Waals surface area contributed by atoms with Gasteiger partial charge in [-0.05, 0) is 50.2 Å². The average Bonchev–Trinajstić information content (AvgIpc) is 2.66. The first-order chi connectivity index (χ1) is 13.0. The van der Waals surface area contributed by atoms with Gasteiger partial charge in [0.05, 0.1) is 18.8 Å². The Morgan fingerprint density at radius 2 is 1.67 bits per heavy atom. The molecule has 1 fully saturated rings. The zero-order chi connectivity index (χ0) is 19.2. The second kappa shape index (κ2) is 8.68. The lowest BCUT2D eigenvalue weighted by Crippen LogP contribution is -2.36. The number of rotatable bonds is 5. The molecule has 0 atom stereocenters. The van der Waals surface area contributed by atoms with E-state index in [2.05, 4.69) is 10.2 Å². The Kier molecular flexibility index (Phi) is 6.08. The average molecular weight is 368 g/mol. The Morgan fingerprint density at radius 3 is 2.30 bits per heavy atom. The molecular formula is C21H24N2O4. The first kappa shape index (κ1) is 18.9. The lowest BCUT2D eigenvalue weighted by atomic mass is 10.1. The SMILES string of the molecule is Cc1cc(C)cc(C(=O)OCC(=O)Nc2ccc(N3CCOCC3)cc2)c1. The molecule has 142 valence electrons. The molecule has 1 heterocycles. The van der Waals surface area contributed by atoms with Gasteiger partial charge in [0.2, 0.25) is 0 Å². The fourth-order valence-corrected chi connectivity index (χ4v) is 3.08. The molecule has 1 saturated heterocycles. The number of aryl methyl sites for hydroxylation is 2. The number of amides is 1. The Labute approximate surface area is 159 Å². The highest BCUT2D eigenvalue weighted by atomic mass is 16.5. The summed E-state index contributed by atoms with van der Waals surface area (Å²) in [5.74, 6) is -0.869. The highest BCUT2D eigenvalue weighted by Gasteiger charge is 2.13. The van der Waals surface area contributed by atoms with Gasteiger partial charge in [0, 0.05) is 24.5 Å². The van der Waals surface area contributed by atoms with Crippen molar-refractivity contribution in [2.75, 3.05) is 43.1 Å². The van der Waals surface area contributed by atoms with Gasteiger partial charge < -0.3 is 19.7 Å². The van der Waals surface area contributed by atoms with Gasteiger partial charge in [-0.3, -0.25) is 4.79 Å². The van der Waals surface area contributed by atoms with Crippen LogP contribution in [0.2, 0.25) is 0 Å². The number of esters is 1. The lowest BCUT2D eigenvalue weighted by molar-refractivity contribution is -0.119. The minimum Gasteiger partial charge on any atom is -0.452 e. The number of hydrogen-bond donors (Lipinski definition) is 1. The fourth-order valence-electron chi connectivity index (χ4n) is 3.08. The summed E-state index contributed by atoms with van der Waals surface area (Å²) >= 11 is 0. The van der Waals surface area contributed by atoms with E-state index in [1.54, 1.807) is 12.1 Å². The molecule has 0 unspecified atom stereocenters. The Balaban J connectivity index is 1.50. The summed E-state index contributed by atoms with van der Waals surface area (Å²) in [5.41, 5.74) is 4.17. The van der Waals surface area contributed by atoms with Crippen molar-refractivity contribution in [1.82, 2.24) is 0 Å². The van der Waals surface area contributed by atoms with E-state index in [4.69, 9.17) is 9.47 Å². The van der Waals surface area contributed by atoms with E-state index in [9.17, 15) is 9.59 Å². The van der Waals surface area contributed by atoms with E-state index >= 15 is 0 Å². The van der Waals surface area contributed by atoms with Crippen molar-refractivity contribution in [3.63, 3.8) is 0 Å². The van der Waals surface area contributed by atoms with Crippen LogP contribution in [0.15, 0.2) is 42.5 Å². The summed E-state index contributed by atoms with van der Waals surface area (Å²) < 4.78 is 10.5. The zero-order valence-corrected chi connectivity index (χ0v) is 15.7. The zero-order valence-electron chi connectivity index (χ0n) is 15.7. The van der Waals surface area contributed by atoms with Gasteiger partial charge in [-0.15, -0.1) is 0 Å². The van der Waals surface area contributed by atoms with Crippen LogP contribution >= 0.6 is 0 Å². The van der Waals surface area contributed by atoms with Crippen molar-refractivity contribution in [2.45, 2.75) is 13.8 Å². The minimum absolute atomic E-state index is 0.322. The van der Waals surface area contributed by atoms with Crippen LogP contribution in [0.4, 0.5) is 11.4 Å². The number of carbonyl (C=O) groups is 2. The summed E-state index contributed by atoms with van der Waals surface area (Å²) in [6.45, 7) is 6.68. The van der Waals surface area contributed by atoms with Crippen molar-refractivity contribution in [1.29, 1.82) is 0 Å². The smallest absolute Gasteiger partial charge is 0.338 e. The van der Waals surface area contributed by atoms with Gasteiger partial charge in [0.1, 0.15) is 0 Å². The Morgan fingerprint density at radius 1 is 1.04 bits per heavy atom. The first-order valence-corrected chi connectivity index (χ1v) is 8.99. The molecule has 27 heavy (non-hydrogen) atoms. The van der Waals surface area contributed by atoms with E-state index in [1.807, 2.05) is 44.2 Å². The van der Waals surface area contributed by atoms with Crippen LogP contribution in [0.25, 0.3) is 0 Å². The second-order valence-corrected chi connectivity index (χ2v) is 6.65. The first-order valence-electron chi connectivity index (χ1n) is 8.99. The monoisotopic (exact) mass is 368 g/mol. The van der Waals surface area contributed by atoms with Crippen LogP contribution in [-0.2, 0) is 14.3 Å². The normalized spacial score (nSPS) is 13.9. The maximum atomic E-state index is 12.1. The number of carbonyl (C=O) groups excluding carboxylic acids is 2. The standard InChI is InChI=1S/C21H24N2O4/c1-15-11-16(2)13-17(12-15)21(25)27-14-20(24)22-18-3-5-19(6-4-18)23-7-9-26-10-8-23/h3-6,11-13H,7-10,14H2,1-2H3,(H,22,24). The van der Waals surface area contributed by atoms with Gasteiger partial charge in [-0.2, -0.15) is 0 Å². The number of ether oxygens (including phenoxy) is 2. The second-order valence-electron chi connectivity index (χ2n) is 6.65. The molecule has 0 aromatic heterocycles. The third-order valence-electron chi connectivity index (χ3n) is 4.32. The van der Waals surface area contributed by atoms with Crippen molar-refractivity contribution >= 4 is 23.3 Å². The molecule has 0 spiro atoms. The van der Waals surface area contributed by atoms with E-state index in [-0.39, 0.29) is 12.5 Å². The van der Waals surface area contributed by atoms with E-state index < -0.39 is 5.97 Å². The largest absolute Gasteiger partial charge is 0.452 e. The molecule has 0 aliphatic carbocycles. The highest BCUT2D eigenvalue weighted by molar-refractivity contribution is 5.95. The molecule has 2 aromatic carbocycles. The van der Waals surface area contributed by atoms with Gasteiger partial charge in [-0.25, -0.2) is 4.79 Å².